The first-order valence-corrected chi connectivity index (χ1v) is 5.94. The molecule has 0 saturated heterocycles. The van der Waals surface area contributed by atoms with Gasteiger partial charge in [-0.05, 0) is 26.7 Å². The van der Waals surface area contributed by atoms with Crippen molar-refractivity contribution in [1.82, 2.24) is 15.3 Å². The molecule has 0 radical (unpaired) electrons. The standard InChI is InChI=1S/C12H17F2N3O/c1-11(2,8-5-15-7-17-8)10(18)16-6-12(3-4-12)9(13)14/h5,7,9H,3-4,6H2,1-2H3,(H,15,17)(H,16,18). The number of nitrogens with zero attached hydrogens (tertiary/aromatic N) is 1. The molecule has 18 heavy (non-hydrogen) atoms. The minimum Gasteiger partial charge on any atom is -0.355 e. The molecule has 1 aliphatic carbocycles. The maximum Gasteiger partial charge on any atom is 0.245 e. The summed E-state index contributed by atoms with van der Waals surface area (Å²) in [6.45, 7) is 3.51. The predicted molar refractivity (Wildman–Crippen MR) is 62.3 cm³/mol. The lowest BCUT2D eigenvalue weighted by Gasteiger charge is -2.24. The van der Waals surface area contributed by atoms with E-state index in [1.165, 1.54) is 6.33 Å². The Labute approximate surface area is 104 Å². The molecule has 1 aromatic heterocycles. The van der Waals surface area contributed by atoms with Crippen LogP contribution in [0.25, 0.3) is 0 Å². The molecule has 0 aromatic carbocycles. The molecule has 2 N–H and O–H groups in total. The van der Waals surface area contributed by atoms with Crippen molar-refractivity contribution >= 4 is 5.91 Å². The number of imidazole rings is 1. The summed E-state index contributed by atoms with van der Waals surface area (Å²) < 4.78 is 25.5. The van der Waals surface area contributed by atoms with E-state index in [4.69, 9.17) is 0 Å². The SMILES string of the molecule is CC(C)(C(=O)NCC1(C(F)F)CC1)c1cnc[nH]1. The first kappa shape index (κ1) is 13.0. The molecule has 1 aromatic rings. The molecule has 0 atom stereocenters. The third-order valence-corrected chi connectivity index (χ3v) is 3.70. The summed E-state index contributed by atoms with van der Waals surface area (Å²) in [6, 6.07) is 0. The van der Waals surface area contributed by atoms with Crippen molar-refractivity contribution in [1.29, 1.82) is 0 Å². The van der Waals surface area contributed by atoms with E-state index in [0.717, 1.165) is 0 Å². The van der Waals surface area contributed by atoms with Gasteiger partial charge in [0.1, 0.15) is 0 Å². The second-order valence-electron chi connectivity index (χ2n) is 5.44. The number of carbonyl (C=O) groups is 1. The molecule has 6 heteroatoms. The molecule has 1 amide bonds. The summed E-state index contributed by atoms with van der Waals surface area (Å²) in [6.07, 6.45) is 1.66. The number of hydrogen-bond acceptors (Lipinski definition) is 2. The van der Waals surface area contributed by atoms with Gasteiger partial charge in [0.15, 0.2) is 0 Å². The Morgan fingerprint density at radius 3 is 2.72 bits per heavy atom. The van der Waals surface area contributed by atoms with E-state index in [1.54, 1.807) is 20.0 Å². The Kier molecular flexibility index (Phi) is 3.12. The van der Waals surface area contributed by atoms with Crippen LogP contribution in [0.4, 0.5) is 8.78 Å². The normalized spacial score (nSPS) is 17.8. The number of aromatic nitrogens is 2. The Balaban J connectivity index is 1.96. The van der Waals surface area contributed by atoms with Crippen LogP contribution in [0.3, 0.4) is 0 Å². The summed E-state index contributed by atoms with van der Waals surface area (Å²) in [7, 11) is 0. The first-order valence-electron chi connectivity index (χ1n) is 5.94. The topological polar surface area (TPSA) is 57.8 Å². The lowest BCUT2D eigenvalue weighted by atomic mass is 9.88. The van der Waals surface area contributed by atoms with Gasteiger partial charge in [0.05, 0.1) is 11.7 Å². The molecule has 1 saturated carbocycles. The zero-order chi connectivity index (χ0) is 13.4. The fourth-order valence-electron chi connectivity index (χ4n) is 1.83. The number of rotatable bonds is 5. The van der Waals surface area contributed by atoms with E-state index in [-0.39, 0.29) is 12.5 Å². The van der Waals surface area contributed by atoms with E-state index in [1.807, 2.05) is 0 Å². The molecule has 0 bridgehead atoms. The van der Waals surface area contributed by atoms with Gasteiger partial charge in [0.25, 0.3) is 0 Å². The van der Waals surface area contributed by atoms with E-state index in [2.05, 4.69) is 15.3 Å². The number of aromatic amines is 1. The molecule has 1 heterocycles. The molecule has 100 valence electrons. The van der Waals surface area contributed by atoms with Crippen LogP contribution in [-0.4, -0.2) is 28.8 Å². The minimum atomic E-state index is -2.37. The quantitative estimate of drug-likeness (QED) is 0.845. The van der Waals surface area contributed by atoms with Crippen LogP contribution in [-0.2, 0) is 10.2 Å². The van der Waals surface area contributed by atoms with E-state index in [0.29, 0.717) is 18.5 Å². The number of hydrogen-bond donors (Lipinski definition) is 2. The van der Waals surface area contributed by atoms with E-state index in [9.17, 15) is 13.6 Å². The first-order chi connectivity index (χ1) is 8.38. The van der Waals surface area contributed by atoms with Crippen molar-refractivity contribution in [3.05, 3.63) is 18.2 Å². The monoisotopic (exact) mass is 257 g/mol. The molecule has 1 aliphatic rings. The Bertz CT molecular complexity index is 425. The van der Waals surface area contributed by atoms with Crippen LogP contribution < -0.4 is 5.32 Å². The van der Waals surface area contributed by atoms with Crippen molar-refractivity contribution < 1.29 is 13.6 Å². The van der Waals surface area contributed by atoms with Gasteiger partial charge in [-0.1, -0.05) is 0 Å². The van der Waals surface area contributed by atoms with Crippen LogP contribution >= 0.6 is 0 Å². The number of alkyl halides is 2. The second kappa shape index (κ2) is 4.33. The maximum atomic E-state index is 12.7. The predicted octanol–water partition coefficient (Wildman–Crippen LogP) is 1.85. The summed E-state index contributed by atoms with van der Waals surface area (Å²) in [5.74, 6) is -0.265. The molecule has 0 aliphatic heterocycles. The van der Waals surface area contributed by atoms with Crippen molar-refractivity contribution in [2.24, 2.45) is 5.41 Å². The highest BCUT2D eigenvalue weighted by Crippen LogP contribution is 2.50. The Morgan fingerprint density at radius 2 is 2.28 bits per heavy atom. The molecule has 2 rings (SSSR count). The number of nitrogens with one attached hydrogen (secondary N) is 2. The van der Waals surface area contributed by atoms with Crippen LogP contribution in [0.1, 0.15) is 32.4 Å². The van der Waals surface area contributed by atoms with Gasteiger partial charge >= 0.3 is 0 Å². The fraction of sp³-hybridized carbons (Fsp3) is 0.667. The number of H-pyrrole nitrogens is 1. The summed E-state index contributed by atoms with van der Waals surface area (Å²) in [5.41, 5.74) is -1.11. The number of carbonyl (C=O) groups excluding carboxylic acids is 1. The molecule has 4 nitrogen and oxygen atoms in total. The summed E-state index contributed by atoms with van der Waals surface area (Å²) in [5, 5.41) is 2.63. The highest BCUT2D eigenvalue weighted by molar-refractivity contribution is 5.86. The minimum absolute atomic E-state index is 0.0427. The van der Waals surface area contributed by atoms with Gasteiger partial charge in [0, 0.05) is 23.9 Å². The lowest BCUT2D eigenvalue weighted by molar-refractivity contribution is -0.126. The van der Waals surface area contributed by atoms with Crippen LogP contribution in [0.2, 0.25) is 0 Å². The van der Waals surface area contributed by atoms with Crippen molar-refractivity contribution in [3.63, 3.8) is 0 Å². The molecule has 1 fully saturated rings. The average molecular weight is 257 g/mol. The van der Waals surface area contributed by atoms with Crippen LogP contribution in [0.5, 0.6) is 0 Å². The number of amides is 1. The van der Waals surface area contributed by atoms with Gasteiger partial charge < -0.3 is 10.3 Å². The summed E-state index contributed by atoms with van der Waals surface area (Å²) >= 11 is 0. The highest BCUT2D eigenvalue weighted by atomic mass is 19.3. The molecule has 0 unspecified atom stereocenters. The molecular formula is C12H17F2N3O. The smallest absolute Gasteiger partial charge is 0.245 e. The highest BCUT2D eigenvalue weighted by Gasteiger charge is 2.51. The summed E-state index contributed by atoms with van der Waals surface area (Å²) in [4.78, 5) is 18.8. The zero-order valence-electron chi connectivity index (χ0n) is 10.5. The van der Waals surface area contributed by atoms with Crippen molar-refractivity contribution in [2.45, 2.75) is 38.5 Å². The van der Waals surface area contributed by atoms with Gasteiger partial charge in [-0.3, -0.25) is 4.79 Å². The average Bonchev–Trinajstić information content (AvgIpc) is 2.89. The maximum absolute atomic E-state index is 12.7. The fourth-order valence-corrected chi connectivity index (χ4v) is 1.83. The van der Waals surface area contributed by atoms with E-state index >= 15 is 0 Å². The third-order valence-electron chi connectivity index (χ3n) is 3.70. The van der Waals surface area contributed by atoms with Crippen molar-refractivity contribution in [3.8, 4) is 0 Å². The van der Waals surface area contributed by atoms with Gasteiger partial charge in [-0.2, -0.15) is 0 Å². The Morgan fingerprint density at radius 1 is 1.61 bits per heavy atom. The van der Waals surface area contributed by atoms with E-state index < -0.39 is 17.3 Å². The van der Waals surface area contributed by atoms with Gasteiger partial charge in [-0.25, -0.2) is 13.8 Å². The lowest BCUT2D eigenvalue weighted by Crippen LogP contribution is -2.43. The van der Waals surface area contributed by atoms with Crippen LogP contribution in [0, 0.1) is 5.41 Å². The van der Waals surface area contributed by atoms with Crippen molar-refractivity contribution in [2.75, 3.05) is 6.54 Å². The van der Waals surface area contributed by atoms with Crippen LogP contribution in [0.15, 0.2) is 12.5 Å². The van der Waals surface area contributed by atoms with Gasteiger partial charge in [-0.15, -0.1) is 0 Å². The largest absolute Gasteiger partial charge is 0.355 e. The Hall–Kier alpha value is -1.46. The number of halogens is 2. The zero-order valence-corrected chi connectivity index (χ0v) is 10.5. The van der Waals surface area contributed by atoms with Gasteiger partial charge in [0.2, 0.25) is 12.3 Å². The molecule has 0 spiro atoms. The third kappa shape index (κ3) is 2.23. The molecular weight excluding hydrogens is 240 g/mol. The second-order valence-corrected chi connectivity index (χ2v) is 5.44.